The first-order chi connectivity index (χ1) is 19.4. The first-order valence-electron chi connectivity index (χ1n) is 14.3. The highest BCUT2D eigenvalue weighted by atomic mass is 32.2. The largest absolute Gasteiger partial charge is 0.481 e. The molecule has 8 heteroatoms. The van der Waals surface area contributed by atoms with Crippen molar-refractivity contribution in [2.75, 3.05) is 20.1 Å². The number of hydrogen-bond acceptors (Lipinski definition) is 5. The molecule has 0 bridgehead atoms. The quantitative estimate of drug-likeness (QED) is 0.212. The summed E-state index contributed by atoms with van der Waals surface area (Å²) >= 11 is 0. The number of nitrogens with zero attached hydrogens (tertiary/aromatic N) is 1. The van der Waals surface area contributed by atoms with E-state index in [-0.39, 0.29) is 29.9 Å². The lowest BCUT2D eigenvalue weighted by Gasteiger charge is -2.29. The van der Waals surface area contributed by atoms with Crippen LogP contribution in [0.1, 0.15) is 56.7 Å². The zero-order valence-electron chi connectivity index (χ0n) is 24.6. The van der Waals surface area contributed by atoms with E-state index < -0.39 is 22.1 Å². The fourth-order valence-corrected chi connectivity index (χ4v) is 6.50. The minimum Gasteiger partial charge on any atom is -0.481 e. The molecular weight excluding hydrogens is 536 g/mol. The number of aryl methyl sites for hydroxylation is 3. The Hall–Kier alpha value is -3.04. The highest BCUT2D eigenvalue weighted by Gasteiger charge is 2.27. The molecule has 0 saturated heterocycles. The SMILES string of the molecule is CCc1cc(-c2ccccc2CCC(=O)O)ccc1S(=O)(=O)N(C)CC(O)CNC(C)(C)CCCc1ccccc1. The van der Waals surface area contributed by atoms with Gasteiger partial charge < -0.3 is 15.5 Å². The summed E-state index contributed by atoms with van der Waals surface area (Å²) in [6.07, 6.45) is 2.98. The first kappa shape index (κ1) is 32.5. The molecular formula is C33H44N2O5S. The molecule has 1 unspecified atom stereocenters. The summed E-state index contributed by atoms with van der Waals surface area (Å²) in [7, 11) is -2.34. The lowest BCUT2D eigenvalue weighted by Crippen LogP contribution is -2.46. The Bertz CT molecular complexity index is 1390. The van der Waals surface area contributed by atoms with E-state index >= 15 is 0 Å². The van der Waals surface area contributed by atoms with Gasteiger partial charge in [-0.1, -0.05) is 67.6 Å². The van der Waals surface area contributed by atoms with Crippen molar-refractivity contribution in [1.82, 2.24) is 9.62 Å². The van der Waals surface area contributed by atoms with Crippen molar-refractivity contribution in [1.29, 1.82) is 0 Å². The molecule has 3 N–H and O–H groups in total. The number of aliphatic carboxylic acids is 1. The summed E-state index contributed by atoms with van der Waals surface area (Å²) in [6, 6.07) is 23.2. The van der Waals surface area contributed by atoms with E-state index in [4.69, 9.17) is 5.11 Å². The number of carboxylic acids is 1. The molecule has 7 nitrogen and oxygen atoms in total. The molecule has 0 fully saturated rings. The van der Waals surface area contributed by atoms with Gasteiger partial charge in [0.05, 0.1) is 11.0 Å². The summed E-state index contributed by atoms with van der Waals surface area (Å²) in [5, 5.41) is 23.2. The van der Waals surface area contributed by atoms with Crippen LogP contribution in [0, 0.1) is 0 Å². The molecule has 0 heterocycles. The van der Waals surface area contributed by atoms with E-state index in [0.29, 0.717) is 18.4 Å². The maximum atomic E-state index is 13.5. The molecule has 3 aromatic rings. The average Bonchev–Trinajstić information content (AvgIpc) is 2.95. The molecule has 3 rings (SSSR count). The smallest absolute Gasteiger partial charge is 0.303 e. The number of carboxylic acid groups (broad SMARTS) is 1. The van der Waals surface area contributed by atoms with Gasteiger partial charge >= 0.3 is 5.97 Å². The van der Waals surface area contributed by atoms with E-state index in [2.05, 4.69) is 31.3 Å². The van der Waals surface area contributed by atoms with Crippen LogP contribution < -0.4 is 5.32 Å². The van der Waals surface area contributed by atoms with Crippen LogP contribution in [-0.2, 0) is 34.1 Å². The second-order valence-electron chi connectivity index (χ2n) is 11.3. The molecule has 0 amide bonds. The van der Waals surface area contributed by atoms with Gasteiger partial charge in [0.2, 0.25) is 10.0 Å². The lowest BCUT2D eigenvalue weighted by atomic mass is 9.95. The molecule has 3 aromatic carbocycles. The molecule has 0 aliphatic carbocycles. The summed E-state index contributed by atoms with van der Waals surface area (Å²) in [4.78, 5) is 11.3. The van der Waals surface area contributed by atoms with Gasteiger partial charge in [-0.25, -0.2) is 8.42 Å². The number of likely N-dealkylation sites (N-methyl/N-ethyl adjacent to an activating group) is 1. The van der Waals surface area contributed by atoms with Crippen LogP contribution in [0.25, 0.3) is 11.1 Å². The maximum Gasteiger partial charge on any atom is 0.303 e. The number of β-amino-alcohol motifs (C(OH)–C–C–N with tert-alkyl or cyclic N) is 1. The molecule has 0 aliphatic rings. The van der Waals surface area contributed by atoms with Crippen LogP contribution in [0.4, 0.5) is 0 Å². The van der Waals surface area contributed by atoms with Gasteiger partial charge in [-0.15, -0.1) is 0 Å². The van der Waals surface area contributed by atoms with Crippen molar-refractivity contribution in [3.8, 4) is 11.1 Å². The van der Waals surface area contributed by atoms with Crippen LogP contribution in [0.5, 0.6) is 0 Å². The minimum absolute atomic E-state index is 0.0248. The fourth-order valence-electron chi connectivity index (χ4n) is 5.03. The average molecular weight is 581 g/mol. The first-order valence-corrected chi connectivity index (χ1v) is 15.7. The number of hydrogen-bond donors (Lipinski definition) is 3. The van der Waals surface area contributed by atoms with Gasteiger partial charge in [0.25, 0.3) is 0 Å². The Morgan fingerprint density at radius 1 is 0.976 bits per heavy atom. The van der Waals surface area contributed by atoms with Crippen molar-refractivity contribution in [2.45, 2.75) is 75.8 Å². The molecule has 0 aromatic heterocycles. The van der Waals surface area contributed by atoms with Gasteiger partial charge in [-0.2, -0.15) is 4.31 Å². The molecule has 41 heavy (non-hydrogen) atoms. The van der Waals surface area contributed by atoms with Gasteiger partial charge in [-0.3, -0.25) is 4.79 Å². The van der Waals surface area contributed by atoms with Crippen molar-refractivity contribution < 1.29 is 23.4 Å². The number of sulfonamides is 1. The molecule has 1 atom stereocenters. The third-order valence-corrected chi connectivity index (χ3v) is 9.38. The Balaban J connectivity index is 1.63. The number of nitrogens with one attached hydrogen (secondary N) is 1. The molecule has 0 radical (unpaired) electrons. The summed E-state index contributed by atoms with van der Waals surface area (Å²) < 4.78 is 28.3. The monoisotopic (exact) mass is 580 g/mol. The van der Waals surface area contributed by atoms with E-state index in [9.17, 15) is 18.3 Å². The highest BCUT2D eigenvalue weighted by Crippen LogP contribution is 2.30. The van der Waals surface area contributed by atoms with Gasteiger partial charge in [0, 0.05) is 32.1 Å². The van der Waals surface area contributed by atoms with Crippen LogP contribution >= 0.6 is 0 Å². The van der Waals surface area contributed by atoms with E-state index in [1.165, 1.54) is 16.9 Å². The number of aliphatic hydroxyl groups excluding tert-OH is 1. The van der Waals surface area contributed by atoms with Crippen molar-refractivity contribution in [2.24, 2.45) is 0 Å². The fraction of sp³-hybridized carbons (Fsp3) is 0.424. The second-order valence-corrected chi connectivity index (χ2v) is 13.3. The maximum absolute atomic E-state index is 13.5. The normalized spacial score (nSPS) is 12.9. The Morgan fingerprint density at radius 2 is 1.66 bits per heavy atom. The predicted octanol–water partition coefficient (Wildman–Crippen LogP) is 5.31. The summed E-state index contributed by atoms with van der Waals surface area (Å²) in [5.74, 6) is -0.859. The lowest BCUT2D eigenvalue weighted by molar-refractivity contribution is -0.136. The van der Waals surface area contributed by atoms with Gasteiger partial charge in [-0.05, 0) is 85.9 Å². The van der Waals surface area contributed by atoms with Crippen LogP contribution in [0.3, 0.4) is 0 Å². The van der Waals surface area contributed by atoms with Crippen molar-refractivity contribution in [3.63, 3.8) is 0 Å². The van der Waals surface area contributed by atoms with Crippen molar-refractivity contribution in [3.05, 3.63) is 89.5 Å². The minimum atomic E-state index is -3.84. The van der Waals surface area contributed by atoms with Crippen LogP contribution in [-0.4, -0.2) is 60.7 Å². The number of rotatable bonds is 16. The molecule has 0 spiro atoms. The predicted molar refractivity (Wildman–Crippen MR) is 164 cm³/mol. The van der Waals surface area contributed by atoms with Gasteiger partial charge in [0.15, 0.2) is 0 Å². The molecule has 222 valence electrons. The standard InChI is InChI=1S/C33H44N2O5S/c1-5-26-22-28(30-16-10-9-15-27(30)18-20-32(37)38)17-19-31(26)41(39,40)35(4)24-29(36)23-34-33(2,3)21-11-14-25-12-7-6-8-13-25/h6-10,12-13,15-17,19,22,29,34,36H,5,11,14,18,20-21,23-24H2,1-4H3,(H,37,38). The van der Waals surface area contributed by atoms with Gasteiger partial charge in [0.1, 0.15) is 0 Å². The zero-order chi connectivity index (χ0) is 30.0. The summed E-state index contributed by atoms with van der Waals surface area (Å²) in [5.41, 5.74) is 4.44. The van der Waals surface area contributed by atoms with E-state index in [0.717, 1.165) is 36.0 Å². The Morgan fingerprint density at radius 3 is 2.34 bits per heavy atom. The van der Waals surface area contributed by atoms with Crippen LogP contribution in [0.15, 0.2) is 77.7 Å². The highest BCUT2D eigenvalue weighted by molar-refractivity contribution is 7.89. The van der Waals surface area contributed by atoms with Crippen LogP contribution in [0.2, 0.25) is 0 Å². The number of benzene rings is 3. The van der Waals surface area contributed by atoms with E-state index in [1.54, 1.807) is 12.1 Å². The zero-order valence-corrected chi connectivity index (χ0v) is 25.5. The Kier molecular flexibility index (Phi) is 11.7. The number of carbonyl (C=O) groups is 1. The molecule has 0 saturated carbocycles. The second kappa shape index (κ2) is 14.7. The topological polar surface area (TPSA) is 107 Å². The third kappa shape index (κ3) is 9.50. The number of aliphatic hydroxyl groups is 1. The van der Waals surface area contributed by atoms with E-state index in [1.807, 2.05) is 55.5 Å². The Labute approximate surface area is 245 Å². The third-order valence-electron chi connectivity index (χ3n) is 7.46. The molecule has 0 aliphatic heterocycles. The summed E-state index contributed by atoms with van der Waals surface area (Å²) in [6.45, 7) is 6.36. The van der Waals surface area contributed by atoms with Crippen molar-refractivity contribution >= 4 is 16.0 Å².